The van der Waals surface area contributed by atoms with Gasteiger partial charge < -0.3 is 21.3 Å². The first-order chi connectivity index (χ1) is 7.76. The molecular formula is C8H16N2O5S2. The standard InChI is InChI=1S/C5H9NO3S.C3H7NO2S/c1-3(7)6-4(2-10)5(8)9;4-2(1-7)3(5)6/h4,10H,2H2,1H3,(H,6,7)(H,8,9);2,7H,1,4H2,(H,5,6)/t4-;/m0./s1. The van der Waals surface area contributed by atoms with E-state index in [0.717, 1.165) is 0 Å². The minimum Gasteiger partial charge on any atom is -0.480 e. The molecule has 0 aliphatic heterocycles. The molecule has 0 fully saturated rings. The van der Waals surface area contributed by atoms with Gasteiger partial charge in [0.25, 0.3) is 0 Å². The van der Waals surface area contributed by atoms with E-state index in [2.05, 4.69) is 30.6 Å². The van der Waals surface area contributed by atoms with Crippen LogP contribution in [-0.2, 0) is 14.4 Å². The average molecular weight is 284 g/mol. The van der Waals surface area contributed by atoms with Crippen molar-refractivity contribution in [2.75, 3.05) is 11.5 Å². The van der Waals surface area contributed by atoms with Crippen LogP contribution in [0.1, 0.15) is 6.92 Å². The van der Waals surface area contributed by atoms with Gasteiger partial charge in [-0.2, -0.15) is 25.3 Å². The highest BCUT2D eigenvalue weighted by Gasteiger charge is 2.15. The van der Waals surface area contributed by atoms with Gasteiger partial charge in [0.2, 0.25) is 5.91 Å². The molecule has 0 aromatic rings. The smallest absolute Gasteiger partial charge is 0.327 e. The van der Waals surface area contributed by atoms with Crippen LogP contribution in [-0.4, -0.2) is 51.6 Å². The van der Waals surface area contributed by atoms with Crippen LogP contribution in [0, 0.1) is 0 Å². The molecule has 1 amide bonds. The predicted molar refractivity (Wildman–Crippen MR) is 68.6 cm³/mol. The minimum absolute atomic E-state index is 0.106. The Morgan fingerprint density at radius 2 is 1.65 bits per heavy atom. The molecule has 7 nitrogen and oxygen atoms in total. The third-order valence-electron chi connectivity index (χ3n) is 1.37. The highest BCUT2D eigenvalue weighted by Crippen LogP contribution is 1.87. The van der Waals surface area contributed by atoms with Gasteiger partial charge in [0.15, 0.2) is 0 Å². The molecule has 100 valence electrons. The van der Waals surface area contributed by atoms with Crippen molar-refractivity contribution in [1.82, 2.24) is 5.32 Å². The van der Waals surface area contributed by atoms with E-state index in [9.17, 15) is 14.4 Å². The summed E-state index contributed by atoms with van der Waals surface area (Å²) in [4.78, 5) is 30.3. The fourth-order valence-electron chi connectivity index (χ4n) is 0.509. The minimum atomic E-state index is -1.06. The van der Waals surface area contributed by atoms with Gasteiger partial charge in [0.05, 0.1) is 0 Å². The van der Waals surface area contributed by atoms with Gasteiger partial charge in [-0.25, -0.2) is 4.79 Å². The van der Waals surface area contributed by atoms with Crippen LogP contribution in [0.4, 0.5) is 0 Å². The average Bonchev–Trinajstić information content (AvgIpc) is 2.24. The Morgan fingerprint density at radius 1 is 1.18 bits per heavy atom. The maximum absolute atomic E-state index is 10.3. The van der Waals surface area contributed by atoms with E-state index in [4.69, 9.17) is 15.9 Å². The molecule has 17 heavy (non-hydrogen) atoms. The second-order valence-electron chi connectivity index (χ2n) is 2.90. The number of rotatable bonds is 5. The zero-order valence-corrected chi connectivity index (χ0v) is 10.9. The predicted octanol–water partition coefficient (Wildman–Crippen LogP) is -1.17. The lowest BCUT2D eigenvalue weighted by Gasteiger charge is -2.08. The zero-order valence-electron chi connectivity index (χ0n) is 9.16. The van der Waals surface area contributed by atoms with Gasteiger partial charge in [-0.3, -0.25) is 9.59 Å². The molecule has 0 radical (unpaired) electrons. The number of hydrogen-bond donors (Lipinski definition) is 6. The lowest BCUT2D eigenvalue weighted by molar-refractivity contribution is -0.140. The van der Waals surface area contributed by atoms with Crippen molar-refractivity contribution in [3.8, 4) is 0 Å². The molecule has 0 aliphatic carbocycles. The molecule has 9 heteroatoms. The van der Waals surface area contributed by atoms with E-state index in [1.807, 2.05) is 0 Å². The molecule has 0 aromatic carbocycles. The first-order valence-corrected chi connectivity index (χ1v) is 5.72. The van der Waals surface area contributed by atoms with Crippen LogP contribution in [0.3, 0.4) is 0 Å². The summed E-state index contributed by atoms with van der Waals surface area (Å²) in [5, 5.41) is 18.6. The van der Waals surface area contributed by atoms with Gasteiger partial charge in [-0.05, 0) is 0 Å². The van der Waals surface area contributed by atoms with E-state index < -0.39 is 24.0 Å². The molecular weight excluding hydrogens is 268 g/mol. The van der Waals surface area contributed by atoms with Crippen molar-refractivity contribution in [2.45, 2.75) is 19.0 Å². The van der Waals surface area contributed by atoms with Crippen LogP contribution >= 0.6 is 25.3 Å². The molecule has 0 aliphatic rings. The van der Waals surface area contributed by atoms with Gasteiger partial charge in [-0.15, -0.1) is 0 Å². The zero-order chi connectivity index (χ0) is 14.0. The van der Waals surface area contributed by atoms with Gasteiger partial charge in [-0.1, -0.05) is 0 Å². The van der Waals surface area contributed by atoms with E-state index in [0.29, 0.717) is 0 Å². The normalized spacial score (nSPS) is 12.7. The van der Waals surface area contributed by atoms with Crippen molar-refractivity contribution in [1.29, 1.82) is 0 Å². The van der Waals surface area contributed by atoms with Gasteiger partial charge in [0, 0.05) is 18.4 Å². The molecule has 1 unspecified atom stereocenters. The first-order valence-electron chi connectivity index (χ1n) is 4.46. The number of aliphatic carboxylic acids is 2. The molecule has 5 N–H and O–H groups in total. The summed E-state index contributed by atoms with van der Waals surface area (Å²) in [6.45, 7) is 1.26. The number of carbonyl (C=O) groups is 3. The first kappa shape index (κ1) is 18.4. The van der Waals surface area contributed by atoms with Crippen molar-refractivity contribution in [2.24, 2.45) is 5.73 Å². The fourth-order valence-corrected chi connectivity index (χ4v) is 0.913. The summed E-state index contributed by atoms with van der Waals surface area (Å²) >= 11 is 7.38. The van der Waals surface area contributed by atoms with Crippen LogP contribution in [0.5, 0.6) is 0 Å². The van der Waals surface area contributed by atoms with Crippen LogP contribution < -0.4 is 11.1 Å². The van der Waals surface area contributed by atoms with Crippen molar-refractivity contribution >= 4 is 43.1 Å². The number of hydrogen-bond acceptors (Lipinski definition) is 6. The molecule has 0 bridgehead atoms. The summed E-state index contributed by atoms with van der Waals surface area (Å²) in [6.07, 6.45) is 0. The van der Waals surface area contributed by atoms with Crippen molar-refractivity contribution < 1.29 is 24.6 Å². The monoisotopic (exact) mass is 284 g/mol. The van der Waals surface area contributed by atoms with Crippen LogP contribution in [0.15, 0.2) is 0 Å². The highest BCUT2D eigenvalue weighted by molar-refractivity contribution is 7.80. The van der Waals surface area contributed by atoms with Crippen LogP contribution in [0.25, 0.3) is 0 Å². The summed E-state index contributed by atoms with van der Waals surface area (Å²) in [7, 11) is 0. The number of thiol groups is 2. The number of carboxylic acid groups (broad SMARTS) is 2. The topological polar surface area (TPSA) is 130 Å². The molecule has 0 heterocycles. The Bertz CT molecular complexity index is 275. The maximum atomic E-state index is 10.3. The van der Waals surface area contributed by atoms with Gasteiger partial charge >= 0.3 is 11.9 Å². The summed E-state index contributed by atoms with van der Waals surface area (Å²) < 4.78 is 0. The molecule has 0 saturated carbocycles. The second-order valence-corrected chi connectivity index (χ2v) is 3.63. The van der Waals surface area contributed by atoms with E-state index in [1.165, 1.54) is 6.92 Å². The summed E-state index contributed by atoms with van der Waals surface area (Å²) in [5.41, 5.74) is 4.94. The molecule has 2 atom stereocenters. The molecule has 0 aromatic heterocycles. The Balaban J connectivity index is 0. The Kier molecular flexibility index (Phi) is 11.1. The lowest BCUT2D eigenvalue weighted by atomic mass is 10.3. The lowest BCUT2D eigenvalue weighted by Crippen LogP contribution is -2.40. The second kappa shape index (κ2) is 10.2. The van der Waals surface area contributed by atoms with E-state index in [1.54, 1.807) is 0 Å². The third-order valence-corrected chi connectivity index (χ3v) is 2.13. The molecule has 0 rings (SSSR count). The van der Waals surface area contributed by atoms with E-state index in [-0.39, 0.29) is 17.4 Å². The van der Waals surface area contributed by atoms with Crippen molar-refractivity contribution in [3.63, 3.8) is 0 Å². The highest BCUT2D eigenvalue weighted by atomic mass is 32.1. The van der Waals surface area contributed by atoms with Gasteiger partial charge in [0.1, 0.15) is 12.1 Å². The van der Waals surface area contributed by atoms with E-state index >= 15 is 0 Å². The molecule has 0 spiro atoms. The molecule has 0 saturated heterocycles. The fraction of sp³-hybridized carbons (Fsp3) is 0.625. The number of carbonyl (C=O) groups excluding carboxylic acids is 1. The Hall–Kier alpha value is -0.930. The number of amides is 1. The Labute approximate surface area is 110 Å². The number of carboxylic acids is 2. The number of nitrogens with one attached hydrogen (secondary N) is 1. The number of nitrogens with two attached hydrogens (primary N) is 1. The maximum Gasteiger partial charge on any atom is 0.327 e. The van der Waals surface area contributed by atoms with Crippen LogP contribution in [0.2, 0.25) is 0 Å². The summed E-state index contributed by atoms with van der Waals surface area (Å²) in [5.74, 6) is -2.13. The quantitative estimate of drug-likeness (QED) is 0.353. The SMILES string of the molecule is CC(=O)N[C@@H](CS)C(=O)O.NC(CS)C(=O)O. The third kappa shape index (κ3) is 11.3. The Morgan fingerprint density at radius 3 is 1.71 bits per heavy atom. The largest absolute Gasteiger partial charge is 0.480 e. The van der Waals surface area contributed by atoms with Crippen molar-refractivity contribution in [3.05, 3.63) is 0 Å². The summed E-state index contributed by atoms with van der Waals surface area (Å²) in [6, 6.07) is -1.69.